The van der Waals surface area contributed by atoms with Crippen molar-refractivity contribution >= 4 is 23.5 Å². The van der Waals surface area contributed by atoms with Crippen LogP contribution in [0.2, 0.25) is 0 Å². The highest BCUT2D eigenvalue weighted by Crippen LogP contribution is 2.41. The highest BCUT2D eigenvalue weighted by Gasteiger charge is 2.48. The number of amides is 2. The first-order valence-electron chi connectivity index (χ1n) is 12.5. The Morgan fingerprint density at radius 1 is 1.27 bits per heavy atom. The second-order valence-electron chi connectivity index (χ2n) is 10.5. The van der Waals surface area contributed by atoms with E-state index >= 15 is 0 Å². The maximum atomic E-state index is 13.3. The van der Waals surface area contributed by atoms with Crippen LogP contribution in [0.3, 0.4) is 0 Å². The molecule has 1 spiro atoms. The Hall–Kier alpha value is -3.57. The molecule has 0 unspecified atom stereocenters. The van der Waals surface area contributed by atoms with Crippen LogP contribution in [-0.2, 0) is 4.74 Å². The molecule has 3 N–H and O–H groups in total. The maximum Gasteiger partial charge on any atom is 0.428 e. The maximum absolute atomic E-state index is 13.3. The summed E-state index contributed by atoms with van der Waals surface area (Å²) in [7, 11) is 0. The van der Waals surface area contributed by atoms with Gasteiger partial charge in [0, 0.05) is 23.5 Å². The molecule has 10 nitrogen and oxygen atoms in total. The molecule has 1 saturated heterocycles. The lowest BCUT2D eigenvalue weighted by Gasteiger charge is -2.43. The SMILES string of the molecule is Cc1cc(C(=O)N[C@@H](C)CC2CCC3(CC2)OC(=O)NN=C3c2cnc(N3CC(F)(F)C3)cc2C)n[nH]1. The van der Waals surface area contributed by atoms with Crippen molar-refractivity contribution in [3.8, 4) is 0 Å². The van der Waals surface area contributed by atoms with Crippen LogP contribution in [0, 0.1) is 19.8 Å². The Kier molecular flexibility index (Phi) is 6.36. The van der Waals surface area contributed by atoms with Crippen molar-refractivity contribution in [2.45, 2.75) is 70.4 Å². The number of H-pyrrole nitrogens is 1. The summed E-state index contributed by atoms with van der Waals surface area (Å²) in [5.41, 5.74) is 4.88. The van der Waals surface area contributed by atoms with Gasteiger partial charge >= 0.3 is 6.09 Å². The quantitative estimate of drug-likeness (QED) is 0.541. The molecule has 37 heavy (non-hydrogen) atoms. The number of carbonyl (C=O) groups excluding carboxylic acids is 2. The molecule has 1 aliphatic carbocycles. The fourth-order valence-corrected chi connectivity index (χ4v) is 5.50. The Morgan fingerprint density at radius 2 is 2.00 bits per heavy atom. The van der Waals surface area contributed by atoms with Gasteiger partial charge in [-0.25, -0.2) is 24.0 Å². The number of aromatic amines is 1. The number of carbonyl (C=O) groups is 2. The van der Waals surface area contributed by atoms with E-state index in [-0.39, 0.29) is 25.0 Å². The molecular weight excluding hydrogens is 484 g/mol. The zero-order valence-electron chi connectivity index (χ0n) is 21.1. The third-order valence-corrected chi connectivity index (χ3v) is 7.41. The summed E-state index contributed by atoms with van der Waals surface area (Å²) in [4.78, 5) is 30.5. The molecule has 5 rings (SSSR count). The highest BCUT2D eigenvalue weighted by molar-refractivity contribution is 6.09. The molecule has 198 valence electrons. The van der Waals surface area contributed by atoms with Gasteiger partial charge in [-0.3, -0.25) is 9.89 Å². The van der Waals surface area contributed by atoms with Crippen LogP contribution in [0.15, 0.2) is 23.4 Å². The number of rotatable bonds is 6. The summed E-state index contributed by atoms with van der Waals surface area (Å²) in [6.45, 7) is 5.01. The largest absolute Gasteiger partial charge is 0.435 e. The molecule has 2 fully saturated rings. The van der Waals surface area contributed by atoms with E-state index in [9.17, 15) is 18.4 Å². The zero-order chi connectivity index (χ0) is 26.4. The van der Waals surface area contributed by atoms with Gasteiger partial charge < -0.3 is 15.0 Å². The van der Waals surface area contributed by atoms with E-state index in [1.807, 2.05) is 20.8 Å². The standard InChI is InChI=1S/C25H31F2N7O3/c1-14-8-20(34-12-25(26,27)13-34)28-11-18(14)21-24(37-23(36)33-32-21)6-4-17(5-7-24)9-15(2)29-22(35)19-10-16(3)30-31-19/h8,10-11,15,17H,4-7,9,12-13H2,1-3H3,(H,29,35)(H,30,31)(H,33,36)/t15-,17?,24?/m0/s1. The number of nitrogens with one attached hydrogen (secondary N) is 3. The van der Waals surface area contributed by atoms with Gasteiger partial charge in [0.15, 0.2) is 5.60 Å². The summed E-state index contributed by atoms with van der Waals surface area (Å²) >= 11 is 0. The summed E-state index contributed by atoms with van der Waals surface area (Å²) in [5.74, 6) is -2.06. The normalized spacial score (nSPS) is 25.5. The number of halogens is 2. The van der Waals surface area contributed by atoms with Crippen LogP contribution < -0.4 is 15.6 Å². The minimum Gasteiger partial charge on any atom is -0.435 e. The fourth-order valence-electron chi connectivity index (χ4n) is 5.50. The molecule has 1 atom stereocenters. The number of ether oxygens (including phenoxy) is 1. The molecule has 0 radical (unpaired) electrons. The van der Waals surface area contributed by atoms with Gasteiger partial charge in [0.2, 0.25) is 0 Å². The number of hydrazone groups is 1. The third kappa shape index (κ3) is 5.14. The second-order valence-corrected chi connectivity index (χ2v) is 10.5. The molecule has 12 heteroatoms. The van der Waals surface area contributed by atoms with Crippen LogP contribution in [0.1, 0.15) is 66.3 Å². The van der Waals surface area contributed by atoms with Crippen LogP contribution in [-0.4, -0.2) is 63.5 Å². The first-order valence-corrected chi connectivity index (χ1v) is 12.5. The Labute approximate surface area is 213 Å². The third-order valence-electron chi connectivity index (χ3n) is 7.41. The second kappa shape index (κ2) is 9.38. The fraction of sp³-hybridized carbons (Fsp3) is 0.560. The van der Waals surface area contributed by atoms with Crippen molar-refractivity contribution in [1.29, 1.82) is 0 Å². The smallest absolute Gasteiger partial charge is 0.428 e. The molecule has 2 aromatic rings. The van der Waals surface area contributed by atoms with Gasteiger partial charge in [-0.15, -0.1) is 0 Å². The summed E-state index contributed by atoms with van der Waals surface area (Å²) in [6.07, 6.45) is 4.58. The van der Waals surface area contributed by atoms with Crippen molar-refractivity contribution in [3.63, 3.8) is 0 Å². The molecule has 0 bridgehead atoms. The molecular formula is C25H31F2N7O3. The van der Waals surface area contributed by atoms with Gasteiger partial charge in [-0.1, -0.05) is 0 Å². The number of nitrogens with zero attached hydrogens (tertiary/aromatic N) is 4. The molecule has 2 aliphatic heterocycles. The Balaban J connectivity index is 1.24. The van der Waals surface area contributed by atoms with E-state index in [0.717, 1.165) is 36.1 Å². The predicted molar refractivity (Wildman–Crippen MR) is 132 cm³/mol. The number of hydrogen-bond acceptors (Lipinski definition) is 7. The number of alkyl halides is 2. The van der Waals surface area contributed by atoms with E-state index in [0.29, 0.717) is 36.0 Å². The molecule has 2 aromatic heterocycles. The van der Waals surface area contributed by atoms with Gasteiger partial charge in [-0.2, -0.15) is 10.2 Å². The van der Waals surface area contributed by atoms with Crippen molar-refractivity contribution in [2.75, 3.05) is 18.0 Å². The van der Waals surface area contributed by atoms with Crippen molar-refractivity contribution in [1.82, 2.24) is 25.9 Å². The van der Waals surface area contributed by atoms with E-state index < -0.39 is 17.6 Å². The van der Waals surface area contributed by atoms with Crippen LogP contribution in [0.25, 0.3) is 0 Å². The van der Waals surface area contributed by atoms with E-state index in [1.54, 1.807) is 18.3 Å². The molecule has 1 saturated carbocycles. The highest BCUT2D eigenvalue weighted by atomic mass is 19.3. The zero-order valence-corrected chi connectivity index (χ0v) is 21.1. The minimum absolute atomic E-state index is 0.0415. The van der Waals surface area contributed by atoms with Crippen molar-refractivity contribution < 1.29 is 23.1 Å². The van der Waals surface area contributed by atoms with Crippen molar-refractivity contribution in [2.24, 2.45) is 11.0 Å². The number of hydrogen-bond donors (Lipinski definition) is 3. The lowest BCUT2D eigenvalue weighted by Crippen LogP contribution is -2.56. The average molecular weight is 516 g/mol. The molecule has 0 aromatic carbocycles. The van der Waals surface area contributed by atoms with Crippen LogP contribution >= 0.6 is 0 Å². The van der Waals surface area contributed by atoms with Gasteiger partial charge in [0.1, 0.15) is 17.2 Å². The van der Waals surface area contributed by atoms with Crippen LogP contribution in [0.5, 0.6) is 0 Å². The molecule has 2 amide bonds. The Bertz CT molecular complexity index is 1230. The number of aromatic nitrogens is 3. The lowest BCUT2D eigenvalue weighted by atomic mass is 9.72. The van der Waals surface area contributed by atoms with E-state index in [1.165, 1.54) is 4.90 Å². The topological polar surface area (TPSA) is 125 Å². The Morgan fingerprint density at radius 3 is 2.62 bits per heavy atom. The minimum atomic E-state index is -2.68. The predicted octanol–water partition coefficient (Wildman–Crippen LogP) is 3.46. The molecule has 4 heterocycles. The molecule has 3 aliphatic rings. The van der Waals surface area contributed by atoms with Gasteiger partial charge in [0.25, 0.3) is 11.8 Å². The van der Waals surface area contributed by atoms with Crippen LogP contribution in [0.4, 0.5) is 19.4 Å². The van der Waals surface area contributed by atoms with Gasteiger partial charge in [-0.05, 0) is 76.5 Å². The number of anilines is 1. The van der Waals surface area contributed by atoms with E-state index in [2.05, 4.69) is 31.0 Å². The first-order chi connectivity index (χ1) is 17.5. The summed E-state index contributed by atoms with van der Waals surface area (Å²) in [5, 5.41) is 14.2. The average Bonchev–Trinajstić information content (AvgIpc) is 3.26. The van der Waals surface area contributed by atoms with E-state index in [4.69, 9.17) is 4.74 Å². The lowest BCUT2D eigenvalue weighted by molar-refractivity contribution is -0.0267. The first kappa shape index (κ1) is 25.1. The monoisotopic (exact) mass is 515 g/mol. The van der Waals surface area contributed by atoms with Gasteiger partial charge in [0.05, 0.1) is 13.1 Å². The summed E-state index contributed by atoms with van der Waals surface area (Å²) < 4.78 is 32.5. The number of aryl methyl sites for hydroxylation is 2. The summed E-state index contributed by atoms with van der Waals surface area (Å²) in [6, 6.07) is 3.44. The number of pyridine rings is 1. The van der Waals surface area contributed by atoms with Crippen molar-refractivity contribution in [3.05, 3.63) is 40.8 Å².